The molecule has 0 bridgehead atoms. The molecule has 0 N–H and O–H groups in total. The first-order valence-electron chi connectivity index (χ1n) is 8.45. The van der Waals surface area contributed by atoms with Crippen LogP contribution < -0.4 is 0 Å². The summed E-state index contributed by atoms with van der Waals surface area (Å²) in [5, 5.41) is 0. The second kappa shape index (κ2) is 7.09. The van der Waals surface area contributed by atoms with Crippen LogP contribution in [-0.4, -0.2) is 40.1 Å². The van der Waals surface area contributed by atoms with Gasteiger partial charge < -0.3 is 14.2 Å². The van der Waals surface area contributed by atoms with Gasteiger partial charge in [0.15, 0.2) is 0 Å². The SMILES string of the molecule is O=C(c1ccc(-n2ccnc2)cc1)N1CCOC(c2ccc(F)cc2)C1. The third-order valence-corrected chi connectivity index (χ3v) is 4.51. The molecule has 0 saturated carbocycles. The van der Waals surface area contributed by atoms with E-state index in [0.717, 1.165) is 11.3 Å². The van der Waals surface area contributed by atoms with Gasteiger partial charge in [-0.05, 0) is 42.0 Å². The van der Waals surface area contributed by atoms with Gasteiger partial charge >= 0.3 is 0 Å². The van der Waals surface area contributed by atoms with Crippen LogP contribution in [-0.2, 0) is 4.74 Å². The first-order valence-corrected chi connectivity index (χ1v) is 8.45. The summed E-state index contributed by atoms with van der Waals surface area (Å²) in [6.45, 7) is 1.45. The van der Waals surface area contributed by atoms with E-state index in [0.29, 0.717) is 25.3 Å². The van der Waals surface area contributed by atoms with E-state index >= 15 is 0 Å². The molecule has 1 fully saturated rings. The second-order valence-corrected chi connectivity index (χ2v) is 6.18. The van der Waals surface area contributed by atoms with E-state index in [2.05, 4.69) is 4.98 Å². The normalized spacial score (nSPS) is 17.3. The average Bonchev–Trinajstić information content (AvgIpc) is 3.23. The molecule has 0 radical (unpaired) electrons. The van der Waals surface area contributed by atoms with Crippen molar-refractivity contribution in [2.24, 2.45) is 0 Å². The van der Waals surface area contributed by atoms with E-state index in [1.165, 1.54) is 12.1 Å². The average molecular weight is 351 g/mol. The Morgan fingerprint density at radius 3 is 2.58 bits per heavy atom. The number of carbonyl (C=O) groups excluding carboxylic acids is 1. The Morgan fingerprint density at radius 1 is 1.12 bits per heavy atom. The minimum absolute atomic E-state index is 0.0300. The number of nitrogens with zero attached hydrogens (tertiary/aromatic N) is 3. The zero-order chi connectivity index (χ0) is 17.9. The molecule has 1 unspecified atom stereocenters. The van der Waals surface area contributed by atoms with Gasteiger partial charge in [0, 0.05) is 30.2 Å². The Morgan fingerprint density at radius 2 is 1.88 bits per heavy atom. The minimum atomic E-state index is -0.282. The van der Waals surface area contributed by atoms with Gasteiger partial charge in [0.1, 0.15) is 11.9 Å². The molecule has 2 heterocycles. The molecule has 132 valence electrons. The summed E-state index contributed by atoms with van der Waals surface area (Å²) in [7, 11) is 0. The van der Waals surface area contributed by atoms with Crippen molar-refractivity contribution < 1.29 is 13.9 Å². The summed E-state index contributed by atoms with van der Waals surface area (Å²) >= 11 is 0. The predicted molar refractivity (Wildman–Crippen MR) is 94.6 cm³/mol. The zero-order valence-electron chi connectivity index (χ0n) is 14.1. The van der Waals surface area contributed by atoms with Gasteiger partial charge in [-0.1, -0.05) is 12.1 Å². The molecule has 1 aliphatic rings. The highest BCUT2D eigenvalue weighted by molar-refractivity contribution is 5.94. The van der Waals surface area contributed by atoms with Crippen LogP contribution in [0.3, 0.4) is 0 Å². The van der Waals surface area contributed by atoms with E-state index in [4.69, 9.17) is 4.74 Å². The molecule has 1 aliphatic heterocycles. The fourth-order valence-corrected chi connectivity index (χ4v) is 3.08. The first-order chi connectivity index (χ1) is 12.7. The van der Waals surface area contributed by atoms with Crippen LogP contribution in [0.1, 0.15) is 22.0 Å². The van der Waals surface area contributed by atoms with E-state index < -0.39 is 0 Å². The van der Waals surface area contributed by atoms with Crippen molar-refractivity contribution in [3.05, 3.63) is 84.2 Å². The first kappa shape index (κ1) is 16.5. The molecule has 4 rings (SSSR count). The quantitative estimate of drug-likeness (QED) is 0.728. The number of aromatic nitrogens is 2. The minimum Gasteiger partial charge on any atom is -0.370 e. The number of imidazole rings is 1. The van der Waals surface area contributed by atoms with Crippen LogP contribution in [0.2, 0.25) is 0 Å². The molecule has 0 aliphatic carbocycles. The van der Waals surface area contributed by atoms with Gasteiger partial charge in [0.05, 0.1) is 19.5 Å². The molecular formula is C20H18FN3O2. The number of carbonyl (C=O) groups is 1. The number of ether oxygens (including phenoxy) is 1. The van der Waals surface area contributed by atoms with Crippen molar-refractivity contribution in [2.45, 2.75) is 6.10 Å². The highest BCUT2D eigenvalue weighted by Gasteiger charge is 2.26. The van der Waals surface area contributed by atoms with E-state index in [1.807, 2.05) is 35.0 Å². The number of amides is 1. The number of benzene rings is 2. The number of halogens is 1. The lowest BCUT2D eigenvalue weighted by Crippen LogP contribution is -2.42. The number of morpholine rings is 1. The maximum atomic E-state index is 13.1. The molecule has 2 aromatic carbocycles. The lowest BCUT2D eigenvalue weighted by molar-refractivity contribution is -0.0228. The summed E-state index contributed by atoms with van der Waals surface area (Å²) in [6.07, 6.45) is 5.04. The van der Waals surface area contributed by atoms with Crippen LogP contribution in [0.5, 0.6) is 0 Å². The zero-order valence-corrected chi connectivity index (χ0v) is 14.1. The topological polar surface area (TPSA) is 47.4 Å². The maximum absolute atomic E-state index is 13.1. The van der Waals surface area contributed by atoms with Crippen molar-refractivity contribution >= 4 is 5.91 Å². The van der Waals surface area contributed by atoms with Crippen molar-refractivity contribution in [2.75, 3.05) is 19.7 Å². The van der Waals surface area contributed by atoms with Crippen molar-refractivity contribution in [1.29, 1.82) is 0 Å². The van der Waals surface area contributed by atoms with Crippen molar-refractivity contribution in [1.82, 2.24) is 14.5 Å². The third-order valence-electron chi connectivity index (χ3n) is 4.51. The maximum Gasteiger partial charge on any atom is 0.254 e. The molecule has 1 saturated heterocycles. The second-order valence-electron chi connectivity index (χ2n) is 6.18. The fourth-order valence-electron chi connectivity index (χ4n) is 3.08. The predicted octanol–water partition coefficient (Wildman–Crippen LogP) is 3.23. The summed E-state index contributed by atoms with van der Waals surface area (Å²) in [5.41, 5.74) is 2.46. The molecule has 1 amide bonds. The molecule has 3 aromatic rings. The Hall–Kier alpha value is -2.99. The number of rotatable bonds is 3. The van der Waals surface area contributed by atoms with Gasteiger partial charge in [-0.3, -0.25) is 4.79 Å². The fraction of sp³-hybridized carbons (Fsp3) is 0.200. The van der Waals surface area contributed by atoms with Crippen molar-refractivity contribution in [3.8, 4) is 5.69 Å². The summed E-state index contributed by atoms with van der Waals surface area (Å²) in [5.74, 6) is -0.312. The Balaban J connectivity index is 1.48. The molecular weight excluding hydrogens is 333 g/mol. The molecule has 26 heavy (non-hydrogen) atoms. The highest BCUT2D eigenvalue weighted by atomic mass is 19.1. The van der Waals surface area contributed by atoms with Gasteiger partial charge in [-0.2, -0.15) is 0 Å². The summed E-state index contributed by atoms with van der Waals surface area (Å²) < 4.78 is 20.7. The van der Waals surface area contributed by atoms with Crippen LogP contribution in [0.25, 0.3) is 5.69 Å². The van der Waals surface area contributed by atoms with Crippen molar-refractivity contribution in [3.63, 3.8) is 0 Å². The van der Waals surface area contributed by atoms with Gasteiger partial charge in [0.25, 0.3) is 5.91 Å². The van der Waals surface area contributed by atoms with E-state index in [1.54, 1.807) is 29.6 Å². The lowest BCUT2D eigenvalue weighted by atomic mass is 10.1. The molecule has 1 atom stereocenters. The smallest absolute Gasteiger partial charge is 0.254 e. The highest BCUT2D eigenvalue weighted by Crippen LogP contribution is 2.24. The van der Waals surface area contributed by atoms with E-state index in [9.17, 15) is 9.18 Å². The van der Waals surface area contributed by atoms with Crippen LogP contribution in [0, 0.1) is 5.82 Å². The number of hydrogen-bond donors (Lipinski definition) is 0. The molecule has 0 spiro atoms. The Kier molecular flexibility index (Phi) is 4.50. The van der Waals surface area contributed by atoms with Crippen LogP contribution in [0.15, 0.2) is 67.3 Å². The Labute approximate surface area is 150 Å². The van der Waals surface area contributed by atoms with Gasteiger partial charge in [-0.25, -0.2) is 9.37 Å². The summed E-state index contributed by atoms with van der Waals surface area (Å²) in [6, 6.07) is 13.7. The molecule has 5 nitrogen and oxygen atoms in total. The number of hydrogen-bond acceptors (Lipinski definition) is 3. The van der Waals surface area contributed by atoms with E-state index in [-0.39, 0.29) is 17.8 Å². The van der Waals surface area contributed by atoms with Gasteiger partial charge in [0.2, 0.25) is 0 Å². The monoisotopic (exact) mass is 351 g/mol. The standard InChI is InChI=1S/C20H18FN3O2/c21-17-5-1-15(2-6-17)19-13-23(11-12-26-19)20(25)16-3-7-18(8-4-16)24-10-9-22-14-24/h1-10,14,19H,11-13H2. The van der Waals surface area contributed by atoms with Crippen LogP contribution in [0.4, 0.5) is 4.39 Å². The Bertz CT molecular complexity index is 876. The summed E-state index contributed by atoms with van der Waals surface area (Å²) in [4.78, 5) is 18.6. The molecule has 6 heteroatoms. The molecule has 1 aromatic heterocycles. The van der Waals surface area contributed by atoms with Gasteiger partial charge in [-0.15, -0.1) is 0 Å². The lowest BCUT2D eigenvalue weighted by Gasteiger charge is -2.33. The third kappa shape index (κ3) is 3.36. The largest absolute Gasteiger partial charge is 0.370 e. The van der Waals surface area contributed by atoms with Crippen LogP contribution >= 0.6 is 0 Å².